The molecular weight excluding hydrogens is 462 g/mol. The van der Waals surface area contributed by atoms with Gasteiger partial charge in [-0.1, -0.05) is 33.7 Å². The van der Waals surface area contributed by atoms with Crippen molar-refractivity contribution >= 4 is 55.1 Å². The van der Waals surface area contributed by atoms with Crippen LogP contribution < -0.4 is 15.8 Å². The molecule has 0 bridgehead atoms. The summed E-state index contributed by atoms with van der Waals surface area (Å²) in [4.78, 5) is 36.4. The maximum atomic E-state index is 12.7. The lowest BCUT2D eigenvalue weighted by atomic mass is 10.2. The predicted octanol–water partition coefficient (Wildman–Crippen LogP) is 2.00. The molecule has 0 saturated carbocycles. The van der Waals surface area contributed by atoms with Crippen molar-refractivity contribution in [2.45, 2.75) is 22.8 Å². The van der Waals surface area contributed by atoms with Crippen molar-refractivity contribution in [2.24, 2.45) is 5.14 Å². The van der Waals surface area contributed by atoms with E-state index < -0.39 is 27.9 Å². The van der Waals surface area contributed by atoms with Crippen molar-refractivity contribution in [1.82, 2.24) is 5.32 Å². The third-order valence-corrected chi connectivity index (χ3v) is 7.17. The van der Waals surface area contributed by atoms with Gasteiger partial charge in [0.05, 0.1) is 17.6 Å². The Kier molecular flexibility index (Phi) is 8.92. The fourth-order valence-corrected chi connectivity index (χ4v) is 5.25. The predicted molar refractivity (Wildman–Crippen MR) is 120 cm³/mol. The molecule has 4 N–H and O–H groups in total. The molecule has 0 radical (unpaired) electrons. The van der Waals surface area contributed by atoms with Crippen LogP contribution in [-0.2, 0) is 24.3 Å². The Morgan fingerprint density at radius 1 is 1.10 bits per heavy atom. The molecule has 166 valence electrons. The molecule has 1 atom stereocenters. The van der Waals surface area contributed by atoms with Gasteiger partial charge < -0.3 is 15.4 Å². The SMILES string of the molecule is COC(=O)[C@H](CSSc1ccccc1C(=O)Nc1ccc(S(N)(=O)=O)cc1)NC(C)=O. The van der Waals surface area contributed by atoms with Crippen LogP contribution in [0.25, 0.3) is 0 Å². The Morgan fingerprint density at radius 3 is 2.32 bits per heavy atom. The van der Waals surface area contributed by atoms with Crippen molar-refractivity contribution in [1.29, 1.82) is 0 Å². The molecule has 2 amide bonds. The zero-order chi connectivity index (χ0) is 23.0. The molecule has 0 aliphatic heterocycles. The lowest BCUT2D eigenvalue weighted by Gasteiger charge is -2.15. The number of nitrogens with two attached hydrogens (primary N) is 1. The monoisotopic (exact) mass is 483 g/mol. The summed E-state index contributed by atoms with van der Waals surface area (Å²) in [5.41, 5.74) is 0.797. The number of hydrogen-bond acceptors (Lipinski definition) is 8. The smallest absolute Gasteiger partial charge is 0.329 e. The van der Waals surface area contributed by atoms with Gasteiger partial charge in [-0.2, -0.15) is 0 Å². The first kappa shape index (κ1) is 24.7. The van der Waals surface area contributed by atoms with Gasteiger partial charge in [0.25, 0.3) is 5.91 Å². The Morgan fingerprint density at radius 2 is 1.74 bits per heavy atom. The lowest BCUT2D eigenvalue weighted by Crippen LogP contribution is -2.42. The van der Waals surface area contributed by atoms with Crippen LogP contribution in [0, 0.1) is 0 Å². The molecule has 9 nitrogen and oxygen atoms in total. The Labute approximate surface area is 187 Å². The number of rotatable bonds is 9. The summed E-state index contributed by atoms with van der Waals surface area (Å²) in [5, 5.41) is 10.3. The summed E-state index contributed by atoms with van der Waals surface area (Å²) < 4.78 is 27.4. The zero-order valence-corrected chi connectivity index (χ0v) is 19.1. The highest BCUT2D eigenvalue weighted by Gasteiger charge is 2.21. The molecule has 0 aromatic heterocycles. The van der Waals surface area contributed by atoms with Crippen LogP contribution in [0.5, 0.6) is 0 Å². The minimum absolute atomic E-state index is 0.0582. The van der Waals surface area contributed by atoms with E-state index in [1.807, 2.05) is 0 Å². The van der Waals surface area contributed by atoms with Crippen LogP contribution in [0.3, 0.4) is 0 Å². The van der Waals surface area contributed by atoms with Crippen molar-refractivity contribution in [2.75, 3.05) is 18.2 Å². The van der Waals surface area contributed by atoms with Crippen molar-refractivity contribution in [3.05, 3.63) is 54.1 Å². The molecule has 0 spiro atoms. The quantitative estimate of drug-likeness (QED) is 0.363. The van der Waals surface area contributed by atoms with Crippen LogP contribution in [0.4, 0.5) is 5.69 Å². The van der Waals surface area contributed by atoms with Gasteiger partial charge in [-0.05, 0) is 36.4 Å². The number of sulfonamides is 1. The van der Waals surface area contributed by atoms with Gasteiger partial charge in [-0.15, -0.1) is 0 Å². The number of primary sulfonamides is 1. The molecule has 0 aliphatic carbocycles. The van der Waals surface area contributed by atoms with Crippen molar-refractivity contribution in [3.63, 3.8) is 0 Å². The molecule has 2 aromatic carbocycles. The number of methoxy groups -OCH3 is 1. The highest BCUT2D eigenvalue weighted by molar-refractivity contribution is 8.76. The molecule has 31 heavy (non-hydrogen) atoms. The number of hydrogen-bond donors (Lipinski definition) is 3. The summed E-state index contributed by atoms with van der Waals surface area (Å²) in [7, 11) is -0.0187. The van der Waals surface area contributed by atoms with Gasteiger partial charge in [-0.3, -0.25) is 9.59 Å². The van der Waals surface area contributed by atoms with Gasteiger partial charge in [-0.25, -0.2) is 18.4 Å². The van der Waals surface area contributed by atoms with E-state index >= 15 is 0 Å². The summed E-state index contributed by atoms with van der Waals surface area (Å²) >= 11 is 0. The van der Waals surface area contributed by atoms with Crippen LogP contribution in [0.15, 0.2) is 58.3 Å². The average molecular weight is 484 g/mol. The summed E-state index contributed by atoms with van der Waals surface area (Å²) in [6.07, 6.45) is 0. The van der Waals surface area contributed by atoms with Gasteiger partial charge >= 0.3 is 5.97 Å². The normalized spacial score (nSPS) is 12.0. The molecule has 0 fully saturated rings. The van der Waals surface area contributed by atoms with E-state index in [0.29, 0.717) is 16.1 Å². The molecule has 0 saturated heterocycles. The van der Waals surface area contributed by atoms with Crippen LogP contribution in [-0.4, -0.2) is 45.1 Å². The van der Waals surface area contributed by atoms with E-state index in [-0.39, 0.29) is 16.6 Å². The number of nitrogens with one attached hydrogen (secondary N) is 2. The molecule has 0 unspecified atom stereocenters. The second-order valence-corrected chi connectivity index (χ2v) is 10.1. The highest BCUT2D eigenvalue weighted by atomic mass is 33.1. The third-order valence-electron chi connectivity index (χ3n) is 3.82. The number of benzene rings is 2. The van der Waals surface area contributed by atoms with Crippen LogP contribution in [0.1, 0.15) is 17.3 Å². The van der Waals surface area contributed by atoms with Gasteiger partial charge in [0.1, 0.15) is 6.04 Å². The van der Waals surface area contributed by atoms with Crippen LogP contribution in [0.2, 0.25) is 0 Å². The van der Waals surface area contributed by atoms with E-state index in [0.717, 1.165) is 0 Å². The summed E-state index contributed by atoms with van der Waals surface area (Å²) in [6.45, 7) is 1.31. The Balaban J connectivity index is 2.06. The fraction of sp³-hybridized carbons (Fsp3) is 0.211. The standard InChI is InChI=1S/C19H21N3O6S3/c1-12(23)21-16(19(25)28-2)11-29-30-17-6-4-3-5-15(17)18(24)22-13-7-9-14(10-8-13)31(20,26)27/h3-10,16H,11H2,1-2H3,(H,21,23)(H,22,24)(H2,20,26,27)/t16-/m0/s1. The molecular formula is C19H21N3O6S3. The molecule has 2 aromatic rings. The molecule has 0 heterocycles. The average Bonchev–Trinajstić information content (AvgIpc) is 2.72. The Bertz CT molecular complexity index is 1060. The van der Waals surface area contributed by atoms with Gasteiger partial charge in [0.15, 0.2) is 0 Å². The molecule has 12 heteroatoms. The highest BCUT2D eigenvalue weighted by Crippen LogP contribution is 2.34. The number of anilines is 1. The second kappa shape index (κ2) is 11.2. The first-order valence-electron chi connectivity index (χ1n) is 8.79. The van der Waals surface area contributed by atoms with E-state index in [9.17, 15) is 22.8 Å². The maximum Gasteiger partial charge on any atom is 0.329 e. The first-order valence-corrected chi connectivity index (χ1v) is 12.7. The third kappa shape index (κ3) is 7.58. The largest absolute Gasteiger partial charge is 0.467 e. The van der Waals surface area contributed by atoms with Gasteiger partial charge in [0, 0.05) is 23.3 Å². The number of carbonyl (C=O) groups is 3. The molecule has 0 aliphatic rings. The van der Waals surface area contributed by atoms with E-state index in [1.165, 1.54) is 59.9 Å². The second-order valence-electron chi connectivity index (χ2n) is 6.16. The first-order chi connectivity index (χ1) is 14.6. The maximum absolute atomic E-state index is 12.7. The van der Waals surface area contributed by atoms with E-state index in [4.69, 9.17) is 5.14 Å². The lowest BCUT2D eigenvalue weighted by molar-refractivity contribution is -0.144. The van der Waals surface area contributed by atoms with Crippen LogP contribution >= 0.6 is 21.6 Å². The minimum Gasteiger partial charge on any atom is -0.467 e. The summed E-state index contributed by atoms with van der Waals surface area (Å²) in [6, 6.07) is 11.6. The number of ether oxygens (including phenoxy) is 1. The minimum atomic E-state index is -3.82. The summed E-state index contributed by atoms with van der Waals surface area (Å²) in [5.74, 6) is -1.06. The molecule has 2 rings (SSSR count). The number of esters is 1. The van der Waals surface area contributed by atoms with E-state index in [1.54, 1.807) is 24.3 Å². The Hall–Kier alpha value is -2.54. The zero-order valence-electron chi connectivity index (χ0n) is 16.7. The fourth-order valence-electron chi connectivity index (χ4n) is 2.38. The van der Waals surface area contributed by atoms with Crippen molar-refractivity contribution < 1.29 is 27.5 Å². The van der Waals surface area contributed by atoms with Crippen molar-refractivity contribution in [3.8, 4) is 0 Å². The topological polar surface area (TPSA) is 145 Å². The number of carbonyl (C=O) groups excluding carboxylic acids is 3. The van der Waals surface area contributed by atoms with E-state index in [2.05, 4.69) is 15.4 Å². The number of amides is 2. The van der Waals surface area contributed by atoms with Gasteiger partial charge in [0.2, 0.25) is 15.9 Å².